The van der Waals surface area contributed by atoms with E-state index in [0.717, 1.165) is 95.8 Å². The third-order valence-corrected chi connectivity index (χ3v) is 8.44. The number of halogens is 1. The molecule has 11 heteroatoms. The lowest BCUT2D eigenvalue weighted by atomic mass is 10.2. The molecule has 2 atom stereocenters. The number of ether oxygens (including phenoxy) is 9. The monoisotopic (exact) mass is 768 g/mol. The second-order valence-corrected chi connectivity index (χ2v) is 13.2. The number of alkyl halides is 1. The van der Waals surface area contributed by atoms with E-state index in [1.54, 1.807) is 0 Å². The molecule has 0 bridgehead atoms. The Bertz CT molecular complexity index is 994. The molecule has 2 aromatic carbocycles. The number of hydrogen-bond acceptors (Lipinski definition) is 10. The molecule has 2 aliphatic heterocycles. The third kappa shape index (κ3) is 30.3. The zero-order valence-corrected chi connectivity index (χ0v) is 33.0. The highest BCUT2D eigenvalue weighted by atomic mass is 35.5. The highest BCUT2D eigenvalue weighted by molar-refractivity contribution is 6.17. The average Bonchev–Trinajstić information content (AvgIpc) is 3.21. The Labute approximate surface area is 325 Å². The van der Waals surface area contributed by atoms with E-state index in [9.17, 15) is 0 Å². The molecule has 2 heterocycles. The van der Waals surface area contributed by atoms with Crippen molar-refractivity contribution < 1.29 is 47.7 Å². The lowest BCUT2D eigenvalue weighted by molar-refractivity contribution is -0.163. The minimum absolute atomic E-state index is 0.0359. The molecular formula is C42H69ClO10. The summed E-state index contributed by atoms with van der Waals surface area (Å²) in [6.45, 7) is 9.40. The largest absolute Gasteiger partial charge is 0.394 e. The van der Waals surface area contributed by atoms with E-state index in [2.05, 4.69) is 12.1 Å². The Morgan fingerprint density at radius 2 is 0.925 bits per heavy atom. The highest BCUT2D eigenvalue weighted by Crippen LogP contribution is 2.15. The molecular weight excluding hydrogens is 700 g/mol. The molecule has 2 aromatic rings. The molecule has 2 saturated heterocycles. The van der Waals surface area contributed by atoms with Crippen LogP contribution in [0.25, 0.3) is 0 Å². The van der Waals surface area contributed by atoms with Crippen LogP contribution >= 0.6 is 11.6 Å². The number of aliphatic hydroxyl groups is 1. The van der Waals surface area contributed by atoms with Crippen molar-refractivity contribution in [2.24, 2.45) is 0 Å². The first-order valence-electron chi connectivity index (χ1n) is 19.9. The fourth-order valence-electron chi connectivity index (χ4n) is 5.22. The summed E-state index contributed by atoms with van der Waals surface area (Å²) in [4.78, 5) is 0. The lowest BCUT2D eigenvalue weighted by Crippen LogP contribution is -2.22. The first-order chi connectivity index (χ1) is 26.3. The minimum atomic E-state index is 0.0359. The molecule has 2 unspecified atom stereocenters. The first kappa shape index (κ1) is 47.5. The molecule has 2 fully saturated rings. The van der Waals surface area contributed by atoms with Crippen LogP contribution in [0.5, 0.6) is 0 Å². The zero-order valence-electron chi connectivity index (χ0n) is 32.2. The van der Waals surface area contributed by atoms with Crippen LogP contribution in [0.2, 0.25) is 0 Å². The van der Waals surface area contributed by atoms with Gasteiger partial charge in [0.15, 0.2) is 12.6 Å². The summed E-state index contributed by atoms with van der Waals surface area (Å²) >= 11 is 5.56. The summed E-state index contributed by atoms with van der Waals surface area (Å²) in [6.07, 6.45) is 13.7. The number of aliphatic hydroxyl groups excluding tert-OH is 1. The van der Waals surface area contributed by atoms with Gasteiger partial charge >= 0.3 is 0 Å². The van der Waals surface area contributed by atoms with Gasteiger partial charge in [0.25, 0.3) is 0 Å². The molecule has 2 aliphatic rings. The van der Waals surface area contributed by atoms with Crippen molar-refractivity contribution in [3.05, 3.63) is 71.8 Å². The van der Waals surface area contributed by atoms with Crippen molar-refractivity contribution in [2.45, 2.75) is 103 Å². The quantitative estimate of drug-likeness (QED) is 0.0675. The summed E-state index contributed by atoms with van der Waals surface area (Å²) in [5.74, 6) is 0.764. The molecule has 1 N–H and O–H groups in total. The predicted octanol–water partition coefficient (Wildman–Crippen LogP) is 8.10. The second-order valence-electron chi connectivity index (χ2n) is 12.8. The molecule has 0 saturated carbocycles. The van der Waals surface area contributed by atoms with E-state index in [0.29, 0.717) is 59.5 Å². The van der Waals surface area contributed by atoms with Crippen LogP contribution in [0, 0.1) is 0 Å². The maximum atomic E-state index is 8.43. The molecule has 0 radical (unpaired) electrons. The van der Waals surface area contributed by atoms with Gasteiger partial charge < -0.3 is 47.7 Å². The molecule has 0 aliphatic carbocycles. The van der Waals surface area contributed by atoms with Crippen LogP contribution in [0.4, 0.5) is 0 Å². The predicted molar refractivity (Wildman–Crippen MR) is 209 cm³/mol. The van der Waals surface area contributed by atoms with Crippen LogP contribution in [0.1, 0.15) is 88.2 Å². The average molecular weight is 769 g/mol. The van der Waals surface area contributed by atoms with Gasteiger partial charge in [-0.2, -0.15) is 0 Å². The van der Waals surface area contributed by atoms with Crippen molar-refractivity contribution in [2.75, 3.05) is 91.8 Å². The summed E-state index contributed by atoms with van der Waals surface area (Å²) < 4.78 is 49.3. The van der Waals surface area contributed by atoms with Gasteiger partial charge in [0.05, 0.1) is 66.1 Å². The zero-order chi connectivity index (χ0) is 37.5. The van der Waals surface area contributed by atoms with Gasteiger partial charge in [-0.05, 0) is 88.2 Å². The smallest absolute Gasteiger partial charge is 0.157 e. The number of benzene rings is 2. The molecule has 0 amide bonds. The molecule has 304 valence electrons. The van der Waals surface area contributed by atoms with Gasteiger partial charge in [-0.25, -0.2) is 0 Å². The Kier molecular flexibility index (Phi) is 33.4. The molecule has 10 nitrogen and oxygen atoms in total. The fourth-order valence-corrected chi connectivity index (χ4v) is 5.41. The van der Waals surface area contributed by atoms with Crippen LogP contribution < -0.4 is 0 Å². The number of rotatable bonds is 28. The first-order valence-corrected chi connectivity index (χ1v) is 20.4. The highest BCUT2D eigenvalue weighted by Gasteiger charge is 2.14. The molecule has 0 spiro atoms. The lowest BCUT2D eigenvalue weighted by Gasteiger charge is -2.22. The summed E-state index contributed by atoms with van der Waals surface area (Å²) in [6, 6.07) is 20.2. The summed E-state index contributed by atoms with van der Waals surface area (Å²) in [7, 11) is 0. The Hall–Kier alpha value is -1.67. The summed E-state index contributed by atoms with van der Waals surface area (Å²) in [5.41, 5.74) is 2.35. The maximum Gasteiger partial charge on any atom is 0.157 e. The Morgan fingerprint density at radius 3 is 1.38 bits per heavy atom. The maximum absolute atomic E-state index is 8.43. The van der Waals surface area contributed by atoms with Crippen molar-refractivity contribution in [3.63, 3.8) is 0 Å². The van der Waals surface area contributed by atoms with Crippen molar-refractivity contribution in [1.82, 2.24) is 0 Å². The van der Waals surface area contributed by atoms with E-state index in [1.165, 1.54) is 31.2 Å². The van der Waals surface area contributed by atoms with Gasteiger partial charge in [-0.15, -0.1) is 11.6 Å². The third-order valence-electron chi connectivity index (χ3n) is 8.17. The Balaban J connectivity index is 0.000000303. The van der Waals surface area contributed by atoms with E-state index in [4.69, 9.17) is 59.3 Å². The SMILES string of the molecule is ClCCCCCOC1CCCCO1.OCCOCCOCc1ccccc1.c1ccc(COCCOCCOCCCCCOC2CCCCO2)cc1. The topological polar surface area (TPSA) is 103 Å². The molecule has 53 heavy (non-hydrogen) atoms. The van der Waals surface area contributed by atoms with Crippen molar-refractivity contribution in [3.8, 4) is 0 Å². The van der Waals surface area contributed by atoms with E-state index >= 15 is 0 Å². The van der Waals surface area contributed by atoms with Gasteiger partial charge in [-0.3, -0.25) is 0 Å². The van der Waals surface area contributed by atoms with Gasteiger partial charge in [-0.1, -0.05) is 60.7 Å². The van der Waals surface area contributed by atoms with Crippen LogP contribution in [-0.4, -0.2) is 109 Å². The van der Waals surface area contributed by atoms with E-state index < -0.39 is 0 Å². The van der Waals surface area contributed by atoms with Crippen LogP contribution in [-0.2, 0) is 55.8 Å². The Morgan fingerprint density at radius 1 is 0.491 bits per heavy atom. The van der Waals surface area contributed by atoms with Gasteiger partial charge in [0, 0.05) is 38.9 Å². The van der Waals surface area contributed by atoms with E-state index in [-0.39, 0.29) is 19.2 Å². The van der Waals surface area contributed by atoms with E-state index in [1.807, 2.05) is 48.5 Å². The standard InChI is InChI=1S/C21H34O5.C11H16O3.C10H19ClO2/c1-3-9-20(10-4-1)19-24-18-17-23-16-15-22-12-6-2-7-13-25-21-11-5-8-14-26-21;12-6-7-13-8-9-14-10-11-4-2-1-3-5-11;11-7-3-1-4-8-12-10-6-2-5-9-13-10/h1,3-4,9-10,21H,2,5-8,11-19H2;1-5,12H,6-10H2;10H,1-9H2. The molecule has 0 aromatic heterocycles. The normalized spacial score (nSPS) is 17.0. The van der Waals surface area contributed by atoms with Crippen molar-refractivity contribution >= 4 is 11.6 Å². The molecule has 4 rings (SSSR count). The van der Waals surface area contributed by atoms with Crippen LogP contribution in [0.3, 0.4) is 0 Å². The van der Waals surface area contributed by atoms with Gasteiger partial charge in [0.1, 0.15) is 0 Å². The minimum Gasteiger partial charge on any atom is -0.394 e. The van der Waals surface area contributed by atoms with Crippen LogP contribution in [0.15, 0.2) is 60.7 Å². The number of hydrogen-bond donors (Lipinski definition) is 1. The van der Waals surface area contributed by atoms with Crippen molar-refractivity contribution in [1.29, 1.82) is 0 Å². The fraction of sp³-hybridized carbons (Fsp3) is 0.714. The second kappa shape index (κ2) is 37.3. The van der Waals surface area contributed by atoms with Gasteiger partial charge in [0.2, 0.25) is 0 Å². The summed E-state index contributed by atoms with van der Waals surface area (Å²) in [5, 5.41) is 8.43. The number of unbranched alkanes of at least 4 members (excludes halogenated alkanes) is 4.